The number of carbonyl (C=O) groups is 1. The van der Waals surface area contributed by atoms with Crippen LogP contribution in [0.5, 0.6) is 0 Å². The van der Waals surface area contributed by atoms with E-state index in [9.17, 15) is 18.7 Å². The molecule has 0 saturated heterocycles. The number of fused-ring (bicyclic) bond motifs is 1. The number of nitrogens with two attached hydrogens (primary N) is 1. The van der Waals surface area contributed by atoms with E-state index in [4.69, 9.17) is 5.73 Å². The average molecular weight is 416 g/mol. The van der Waals surface area contributed by atoms with Gasteiger partial charge in [0.2, 0.25) is 0 Å². The quantitative estimate of drug-likeness (QED) is 0.587. The van der Waals surface area contributed by atoms with E-state index < -0.39 is 18.0 Å². The number of nitrogens with zero attached hydrogens (tertiary/aromatic N) is 4. The average Bonchev–Trinajstić information content (AvgIpc) is 3.17. The molecule has 4 N–H and O–H groups in total. The molecule has 0 radical (unpaired) electrons. The first kappa shape index (κ1) is 20.1. The molecule has 3 aromatic rings. The van der Waals surface area contributed by atoms with Gasteiger partial charge < -0.3 is 16.2 Å². The molecule has 8 nitrogen and oxygen atoms in total. The van der Waals surface area contributed by atoms with Crippen molar-refractivity contribution in [1.29, 1.82) is 0 Å². The van der Waals surface area contributed by atoms with Gasteiger partial charge >= 0.3 is 0 Å². The van der Waals surface area contributed by atoms with Crippen molar-refractivity contribution in [2.75, 3.05) is 17.7 Å². The highest BCUT2D eigenvalue weighted by atomic mass is 19.3. The number of hydrogen-bond donors (Lipinski definition) is 3. The topological polar surface area (TPSA) is 119 Å². The Bertz CT molecular complexity index is 1060. The van der Waals surface area contributed by atoms with Crippen molar-refractivity contribution in [3.63, 3.8) is 0 Å². The van der Waals surface area contributed by atoms with Gasteiger partial charge in [-0.3, -0.25) is 14.5 Å². The van der Waals surface area contributed by atoms with Gasteiger partial charge in [0.05, 0.1) is 22.8 Å². The van der Waals surface area contributed by atoms with Gasteiger partial charge in [0.25, 0.3) is 12.3 Å². The predicted molar refractivity (Wildman–Crippen MR) is 107 cm³/mol. The van der Waals surface area contributed by atoms with E-state index in [1.165, 1.54) is 23.1 Å². The van der Waals surface area contributed by atoms with Crippen LogP contribution in [0.1, 0.15) is 54.2 Å². The second-order valence-electron chi connectivity index (χ2n) is 7.48. The molecule has 0 unspecified atom stereocenters. The van der Waals surface area contributed by atoms with E-state index in [2.05, 4.69) is 20.4 Å². The van der Waals surface area contributed by atoms with Crippen LogP contribution in [0.3, 0.4) is 0 Å². The number of aliphatic hydroxyl groups excluding tert-OH is 1. The molecule has 3 heterocycles. The summed E-state index contributed by atoms with van der Waals surface area (Å²) >= 11 is 0. The summed E-state index contributed by atoms with van der Waals surface area (Å²) in [6, 6.07) is 4.63. The van der Waals surface area contributed by atoms with Crippen molar-refractivity contribution in [3.05, 3.63) is 41.9 Å². The maximum absolute atomic E-state index is 13.6. The van der Waals surface area contributed by atoms with Crippen LogP contribution in [-0.4, -0.2) is 37.4 Å². The summed E-state index contributed by atoms with van der Waals surface area (Å²) in [5.41, 5.74) is 6.16. The van der Waals surface area contributed by atoms with Crippen LogP contribution < -0.4 is 11.1 Å². The van der Waals surface area contributed by atoms with Crippen molar-refractivity contribution in [3.8, 4) is 0 Å². The smallest absolute Gasteiger partial charge is 0.284 e. The van der Waals surface area contributed by atoms with Crippen LogP contribution in [0.15, 0.2) is 30.6 Å². The van der Waals surface area contributed by atoms with Crippen LogP contribution >= 0.6 is 0 Å². The number of anilines is 2. The van der Waals surface area contributed by atoms with Crippen LogP contribution in [0.2, 0.25) is 0 Å². The number of halogens is 2. The zero-order chi connectivity index (χ0) is 21.3. The molecule has 1 saturated carbocycles. The summed E-state index contributed by atoms with van der Waals surface area (Å²) in [6.07, 6.45) is 3.16. The van der Waals surface area contributed by atoms with E-state index in [1.807, 2.05) is 0 Å². The Kier molecular flexibility index (Phi) is 5.58. The standard InChI is InChI=1S/C20H22F2N6O2/c21-19(22)18-15(9-28(27-18)12-3-1-11(10-29)2-4-12)25-20(30)13-7-8-24-14-5-6-16(23)26-17(13)14/h5-9,11-12,19,29H,1-4,10H2,(H2,23,26)(H,25,30). The van der Waals surface area contributed by atoms with Gasteiger partial charge in [-0.2, -0.15) is 5.10 Å². The fourth-order valence-electron chi connectivity index (χ4n) is 3.86. The highest BCUT2D eigenvalue weighted by Gasteiger charge is 2.27. The molecule has 0 aliphatic heterocycles. The molecule has 3 aromatic heterocycles. The number of nitrogen functional groups attached to an aromatic ring is 1. The highest BCUT2D eigenvalue weighted by Crippen LogP contribution is 2.34. The largest absolute Gasteiger partial charge is 0.396 e. The number of pyridine rings is 2. The van der Waals surface area contributed by atoms with Crippen LogP contribution in [0.25, 0.3) is 11.0 Å². The first-order chi connectivity index (χ1) is 14.5. The minimum atomic E-state index is -2.83. The minimum Gasteiger partial charge on any atom is -0.396 e. The van der Waals surface area contributed by atoms with Gasteiger partial charge in [-0.05, 0) is 49.8 Å². The summed E-state index contributed by atoms with van der Waals surface area (Å²) in [4.78, 5) is 21.2. The Morgan fingerprint density at radius 2 is 2.03 bits per heavy atom. The Balaban J connectivity index is 1.61. The molecule has 0 bridgehead atoms. The molecule has 10 heteroatoms. The molecule has 0 aromatic carbocycles. The number of aromatic nitrogens is 4. The third kappa shape index (κ3) is 3.95. The molecule has 30 heavy (non-hydrogen) atoms. The van der Waals surface area contributed by atoms with Crippen LogP contribution in [0, 0.1) is 5.92 Å². The van der Waals surface area contributed by atoms with E-state index in [0.29, 0.717) is 11.0 Å². The Labute approximate surface area is 171 Å². The van der Waals surface area contributed by atoms with Crippen molar-refractivity contribution < 1.29 is 18.7 Å². The molecule has 1 fully saturated rings. The lowest BCUT2D eigenvalue weighted by molar-refractivity contribution is 0.102. The van der Waals surface area contributed by atoms with Crippen molar-refractivity contribution >= 4 is 28.4 Å². The predicted octanol–water partition coefficient (Wildman–Crippen LogP) is 3.32. The molecule has 4 rings (SSSR count). The van der Waals surface area contributed by atoms with Crippen molar-refractivity contribution in [1.82, 2.24) is 19.7 Å². The lowest BCUT2D eigenvalue weighted by Crippen LogP contribution is -2.20. The van der Waals surface area contributed by atoms with E-state index in [1.54, 1.807) is 12.1 Å². The SMILES string of the molecule is Nc1ccc2nccc(C(=O)Nc3cn(C4CCC(CO)CC4)nc3C(F)F)c2n1. The van der Waals surface area contributed by atoms with Crippen molar-refractivity contribution in [2.45, 2.75) is 38.2 Å². The van der Waals surface area contributed by atoms with Crippen molar-refractivity contribution in [2.24, 2.45) is 5.92 Å². The number of carbonyl (C=O) groups excluding carboxylic acids is 1. The summed E-state index contributed by atoms with van der Waals surface area (Å²) in [5, 5.41) is 15.9. The number of nitrogens with one attached hydrogen (secondary N) is 1. The summed E-state index contributed by atoms with van der Waals surface area (Å²) in [7, 11) is 0. The van der Waals surface area contributed by atoms with E-state index in [-0.39, 0.29) is 35.6 Å². The maximum Gasteiger partial charge on any atom is 0.284 e. The minimum absolute atomic E-state index is 0.0341. The van der Waals surface area contributed by atoms with Gasteiger partial charge in [-0.1, -0.05) is 0 Å². The molecule has 0 atom stereocenters. The van der Waals surface area contributed by atoms with Gasteiger partial charge in [0, 0.05) is 19.0 Å². The van der Waals surface area contributed by atoms with E-state index >= 15 is 0 Å². The first-order valence-electron chi connectivity index (χ1n) is 9.77. The van der Waals surface area contributed by atoms with Gasteiger partial charge in [-0.15, -0.1) is 0 Å². The summed E-state index contributed by atoms with van der Waals surface area (Å²) in [6.45, 7) is 0.133. The lowest BCUT2D eigenvalue weighted by atomic mass is 9.87. The van der Waals surface area contributed by atoms with Gasteiger partial charge in [0.1, 0.15) is 11.3 Å². The lowest BCUT2D eigenvalue weighted by Gasteiger charge is -2.27. The fourth-order valence-corrected chi connectivity index (χ4v) is 3.86. The zero-order valence-electron chi connectivity index (χ0n) is 16.1. The molecular formula is C20H22F2N6O2. The highest BCUT2D eigenvalue weighted by molar-refractivity contribution is 6.11. The fraction of sp³-hybridized carbons (Fsp3) is 0.400. The third-order valence-electron chi connectivity index (χ3n) is 5.51. The van der Waals surface area contributed by atoms with Gasteiger partial charge in [-0.25, -0.2) is 13.8 Å². The second-order valence-corrected chi connectivity index (χ2v) is 7.48. The molecular weight excluding hydrogens is 394 g/mol. The normalized spacial score (nSPS) is 19.3. The summed E-state index contributed by atoms with van der Waals surface area (Å²) < 4.78 is 28.7. The second kappa shape index (κ2) is 8.31. The monoisotopic (exact) mass is 416 g/mol. The number of alkyl halides is 2. The number of aliphatic hydroxyl groups is 1. The summed E-state index contributed by atoms with van der Waals surface area (Å²) in [5.74, 6) is -0.125. The third-order valence-corrected chi connectivity index (χ3v) is 5.51. The van der Waals surface area contributed by atoms with E-state index in [0.717, 1.165) is 25.7 Å². The number of rotatable bonds is 5. The Morgan fingerprint density at radius 3 is 2.73 bits per heavy atom. The Morgan fingerprint density at radius 1 is 1.27 bits per heavy atom. The Hall–Kier alpha value is -3.14. The zero-order valence-corrected chi connectivity index (χ0v) is 16.1. The molecule has 1 aliphatic rings. The number of hydrogen-bond acceptors (Lipinski definition) is 6. The molecule has 0 spiro atoms. The molecule has 1 amide bonds. The van der Waals surface area contributed by atoms with Crippen LogP contribution in [0.4, 0.5) is 20.3 Å². The molecule has 158 valence electrons. The van der Waals surface area contributed by atoms with Crippen LogP contribution in [-0.2, 0) is 0 Å². The first-order valence-corrected chi connectivity index (χ1v) is 9.77. The molecule has 1 aliphatic carbocycles. The maximum atomic E-state index is 13.6. The number of amides is 1. The van der Waals surface area contributed by atoms with Gasteiger partial charge in [0.15, 0.2) is 5.69 Å².